The van der Waals surface area contributed by atoms with E-state index in [1.54, 1.807) is 30.3 Å². The Kier molecular flexibility index (Phi) is 10.6. The first kappa shape index (κ1) is 27.7. The zero-order valence-corrected chi connectivity index (χ0v) is 19.5. The molecular weight excluding hydrogens is 458 g/mol. The summed E-state index contributed by atoms with van der Waals surface area (Å²) in [6.07, 6.45) is -0.361. The Labute approximate surface area is 203 Å². The number of aliphatic hydroxyl groups excluding tert-OH is 1. The Morgan fingerprint density at radius 1 is 1.06 bits per heavy atom. The largest absolute Gasteiger partial charge is 0.480 e. The third-order valence-electron chi connectivity index (χ3n) is 5.65. The average Bonchev–Trinajstić information content (AvgIpc) is 3.34. The van der Waals surface area contributed by atoms with Gasteiger partial charge in [-0.1, -0.05) is 30.3 Å². The van der Waals surface area contributed by atoms with Crippen molar-refractivity contribution in [3.8, 4) is 0 Å². The minimum atomic E-state index is -1.37. The molecule has 0 bridgehead atoms. The van der Waals surface area contributed by atoms with Crippen LogP contribution in [-0.2, 0) is 30.4 Å². The number of carboxylic acids is 1. The fourth-order valence-electron chi connectivity index (χ4n) is 3.71. The van der Waals surface area contributed by atoms with Gasteiger partial charge in [-0.2, -0.15) is 0 Å². The Morgan fingerprint density at radius 3 is 2.26 bits per heavy atom. The number of primary amides is 1. The molecule has 0 aromatic heterocycles. The number of hydrogen-bond acceptors (Lipinski definition) is 7. The van der Waals surface area contributed by atoms with Gasteiger partial charge in [0.25, 0.3) is 0 Å². The van der Waals surface area contributed by atoms with E-state index >= 15 is 0 Å². The molecule has 1 saturated heterocycles. The van der Waals surface area contributed by atoms with Crippen LogP contribution in [0.2, 0.25) is 0 Å². The number of aliphatic carboxylic acids is 1. The molecule has 35 heavy (non-hydrogen) atoms. The van der Waals surface area contributed by atoms with Crippen LogP contribution in [0.25, 0.3) is 0 Å². The van der Waals surface area contributed by atoms with E-state index < -0.39 is 59.9 Å². The van der Waals surface area contributed by atoms with Gasteiger partial charge in [-0.05, 0) is 38.3 Å². The Hall–Kier alpha value is -3.51. The van der Waals surface area contributed by atoms with Crippen molar-refractivity contribution in [2.45, 2.75) is 69.3 Å². The standard InChI is InChI=1S/C23H33N5O7/c1-13(29)19(28-20(31)15-8-5-11-25-15)22(33)26-16(9-10-18(24)30)21(32)27-17(23(34)35)12-14-6-3-2-4-7-14/h2-4,6-7,13,15-17,19,25,29H,5,8-12H2,1H3,(H2,24,30)(H,26,33)(H,27,32)(H,28,31)(H,34,35). The number of carbonyl (C=O) groups excluding carboxylic acids is 4. The molecule has 1 aromatic rings. The number of aliphatic hydroxyl groups is 1. The number of carbonyl (C=O) groups is 5. The van der Waals surface area contributed by atoms with Crippen molar-refractivity contribution in [2.24, 2.45) is 5.73 Å². The van der Waals surface area contributed by atoms with E-state index in [1.165, 1.54) is 6.92 Å². The molecule has 0 spiro atoms. The molecule has 1 heterocycles. The van der Waals surface area contributed by atoms with Gasteiger partial charge in [-0.3, -0.25) is 19.2 Å². The van der Waals surface area contributed by atoms with Gasteiger partial charge in [0.2, 0.25) is 23.6 Å². The van der Waals surface area contributed by atoms with Gasteiger partial charge < -0.3 is 37.2 Å². The molecule has 5 atom stereocenters. The molecule has 2 rings (SSSR count). The Balaban J connectivity index is 2.11. The number of benzene rings is 1. The normalized spacial score (nSPS) is 18.5. The van der Waals surface area contributed by atoms with Crippen LogP contribution in [0.3, 0.4) is 0 Å². The molecule has 1 aliphatic heterocycles. The summed E-state index contributed by atoms with van der Waals surface area (Å²) in [5, 5.41) is 29.9. The molecule has 192 valence electrons. The maximum Gasteiger partial charge on any atom is 0.326 e. The van der Waals surface area contributed by atoms with Gasteiger partial charge in [-0.25, -0.2) is 4.79 Å². The predicted molar refractivity (Wildman–Crippen MR) is 125 cm³/mol. The molecule has 5 unspecified atom stereocenters. The molecule has 1 aliphatic rings. The lowest BCUT2D eigenvalue weighted by molar-refractivity contribution is -0.142. The first-order valence-corrected chi connectivity index (χ1v) is 11.5. The van der Waals surface area contributed by atoms with Crippen molar-refractivity contribution in [3.63, 3.8) is 0 Å². The summed E-state index contributed by atoms with van der Waals surface area (Å²) in [7, 11) is 0. The monoisotopic (exact) mass is 491 g/mol. The quantitative estimate of drug-likeness (QED) is 0.167. The van der Waals surface area contributed by atoms with Crippen molar-refractivity contribution < 1.29 is 34.2 Å². The third kappa shape index (κ3) is 8.98. The van der Waals surface area contributed by atoms with E-state index in [0.717, 1.165) is 6.42 Å². The average molecular weight is 492 g/mol. The summed E-state index contributed by atoms with van der Waals surface area (Å²) in [6.45, 7) is 1.97. The number of nitrogens with two attached hydrogens (primary N) is 1. The van der Waals surface area contributed by atoms with Gasteiger partial charge in [0.05, 0.1) is 12.1 Å². The van der Waals surface area contributed by atoms with E-state index in [-0.39, 0.29) is 19.3 Å². The number of hydrogen-bond donors (Lipinski definition) is 7. The molecule has 4 amide bonds. The smallest absolute Gasteiger partial charge is 0.326 e. The number of amides is 4. The van der Waals surface area contributed by atoms with Crippen LogP contribution < -0.4 is 27.0 Å². The van der Waals surface area contributed by atoms with Gasteiger partial charge in [-0.15, -0.1) is 0 Å². The van der Waals surface area contributed by atoms with Crippen LogP contribution in [0, 0.1) is 0 Å². The molecule has 1 aromatic carbocycles. The molecule has 0 aliphatic carbocycles. The van der Waals surface area contributed by atoms with E-state index in [1.807, 2.05) is 0 Å². The van der Waals surface area contributed by atoms with Gasteiger partial charge in [0.1, 0.15) is 18.1 Å². The first-order valence-electron chi connectivity index (χ1n) is 11.5. The lowest BCUT2D eigenvalue weighted by Crippen LogP contribution is -2.59. The molecule has 8 N–H and O–H groups in total. The highest BCUT2D eigenvalue weighted by Crippen LogP contribution is 2.08. The summed E-state index contributed by atoms with van der Waals surface area (Å²) in [5.41, 5.74) is 5.86. The van der Waals surface area contributed by atoms with Crippen LogP contribution in [0.5, 0.6) is 0 Å². The van der Waals surface area contributed by atoms with E-state index in [9.17, 15) is 34.2 Å². The fraction of sp³-hybridized carbons (Fsp3) is 0.522. The van der Waals surface area contributed by atoms with Crippen molar-refractivity contribution in [1.29, 1.82) is 0 Å². The maximum absolute atomic E-state index is 12.9. The summed E-state index contributed by atoms with van der Waals surface area (Å²) in [5.74, 6) is -4.15. The van der Waals surface area contributed by atoms with Gasteiger partial charge >= 0.3 is 5.97 Å². The molecule has 12 heteroatoms. The van der Waals surface area contributed by atoms with Crippen molar-refractivity contribution >= 4 is 29.6 Å². The Morgan fingerprint density at radius 2 is 1.71 bits per heavy atom. The van der Waals surface area contributed by atoms with Gasteiger partial charge in [0, 0.05) is 12.8 Å². The van der Waals surface area contributed by atoms with Crippen molar-refractivity contribution in [3.05, 3.63) is 35.9 Å². The lowest BCUT2D eigenvalue weighted by Gasteiger charge is -2.26. The molecule has 0 saturated carbocycles. The molecule has 12 nitrogen and oxygen atoms in total. The number of nitrogens with one attached hydrogen (secondary N) is 4. The Bertz CT molecular complexity index is 903. The maximum atomic E-state index is 12.9. The van der Waals surface area contributed by atoms with E-state index in [2.05, 4.69) is 21.3 Å². The lowest BCUT2D eigenvalue weighted by atomic mass is 10.0. The summed E-state index contributed by atoms with van der Waals surface area (Å²) < 4.78 is 0. The fourth-order valence-corrected chi connectivity index (χ4v) is 3.71. The van der Waals surface area contributed by atoms with Crippen LogP contribution in [0.1, 0.15) is 38.2 Å². The zero-order valence-electron chi connectivity index (χ0n) is 19.5. The number of rotatable bonds is 13. The SMILES string of the molecule is CC(O)C(NC(=O)C1CCCN1)C(=O)NC(CCC(N)=O)C(=O)NC(Cc1ccccc1)C(=O)O. The second kappa shape index (κ2) is 13.4. The minimum absolute atomic E-state index is 0.000849. The highest BCUT2D eigenvalue weighted by atomic mass is 16.4. The van der Waals surface area contributed by atoms with Crippen molar-refractivity contribution in [2.75, 3.05) is 6.54 Å². The van der Waals surface area contributed by atoms with Crippen LogP contribution in [0.15, 0.2) is 30.3 Å². The van der Waals surface area contributed by atoms with Crippen LogP contribution in [-0.4, -0.2) is 76.6 Å². The minimum Gasteiger partial charge on any atom is -0.480 e. The summed E-state index contributed by atoms with van der Waals surface area (Å²) in [4.78, 5) is 61.3. The second-order valence-electron chi connectivity index (χ2n) is 8.53. The number of carboxylic acid groups (broad SMARTS) is 1. The van der Waals surface area contributed by atoms with E-state index in [4.69, 9.17) is 5.73 Å². The topological polar surface area (TPSA) is 200 Å². The summed E-state index contributed by atoms with van der Waals surface area (Å²) in [6, 6.07) is 4.19. The highest BCUT2D eigenvalue weighted by Gasteiger charge is 2.33. The molecule has 1 fully saturated rings. The van der Waals surface area contributed by atoms with Crippen molar-refractivity contribution in [1.82, 2.24) is 21.3 Å². The van der Waals surface area contributed by atoms with Crippen LogP contribution in [0.4, 0.5) is 0 Å². The molecular formula is C23H33N5O7. The predicted octanol–water partition coefficient (Wildman–Crippen LogP) is -1.83. The molecule has 0 radical (unpaired) electrons. The van der Waals surface area contributed by atoms with Gasteiger partial charge in [0.15, 0.2) is 0 Å². The first-order chi connectivity index (χ1) is 16.6. The summed E-state index contributed by atoms with van der Waals surface area (Å²) >= 11 is 0. The third-order valence-corrected chi connectivity index (χ3v) is 5.65. The van der Waals surface area contributed by atoms with Crippen LogP contribution >= 0.6 is 0 Å². The van der Waals surface area contributed by atoms with E-state index in [0.29, 0.717) is 18.5 Å². The second-order valence-corrected chi connectivity index (χ2v) is 8.53. The highest BCUT2D eigenvalue weighted by molar-refractivity contribution is 5.94. The zero-order chi connectivity index (χ0) is 26.0.